The fourth-order valence-electron chi connectivity index (χ4n) is 2.15. The second kappa shape index (κ2) is 8.33. The predicted octanol–water partition coefficient (Wildman–Crippen LogP) is 2.59. The molecule has 0 aliphatic heterocycles. The molecule has 0 radical (unpaired) electrons. The van der Waals surface area contributed by atoms with E-state index < -0.39 is 16.1 Å². The number of sulfonamides is 1. The summed E-state index contributed by atoms with van der Waals surface area (Å²) >= 11 is 6.04. The van der Waals surface area contributed by atoms with Crippen molar-refractivity contribution in [3.63, 3.8) is 0 Å². The van der Waals surface area contributed by atoms with Crippen molar-refractivity contribution in [1.82, 2.24) is 14.9 Å². The number of nitrogens with one attached hydrogen (secondary N) is 2. The fraction of sp³-hybridized carbons (Fsp3) is 0.235. The molecule has 2 aromatic rings. The number of rotatable bonds is 6. The van der Waals surface area contributed by atoms with Gasteiger partial charge in [0.05, 0.1) is 4.90 Å². The van der Waals surface area contributed by atoms with Gasteiger partial charge in [-0.3, -0.25) is 0 Å². The molecule has 0 bridgehead atoms. The Labute approximate surface area is 152 Å². The molecule has 0 saturated heterocycles. The second-order valence-corrected chi connectivity index (χ2v) is 8.05. The van der Waals surface area contributed by atoms with E-state index in [-0.39, 0.29) is 18.0 Å². The summed E-state index contributed by atoms with van der Waals surface area (Å²) in [6.45, 7) is 0.376. The first kappa shape index (κ1) is 19.2. The molecule has 0 atom stereocenters. The molecule has 2 rings (SSSR count). The van der Waals surface area contributed by atoms with E-state index in [0.29, 0.717) is 10.6 Å². The van der Waals surface area contributed by atoms with Crippen LogP contribution in [0.1, 0.15) is 11.1 Å². The monoisotopic (exact) mass is 381 g/mol. The summed E-state index contributed by atoms with van der Waals surface area (Å²) in [5, 5.41) is 5.93. The summed E-state index contributed by atoms with van der Waals surface area (Å²) in [7, 11) is -0.636. The van der Waals surface area contributed by atoms with E-state index in [1.165, 1.54) is 20.2 Å². The molecule has 8 heteroatoms. The van der Waals surface area contributed by atoms with Gasteiger partial charge in [-0.05, 0) is 23.3 Å². The Hall–Kier alpha value is -2.09. The Morgan fingerprint density at radius 2 is 1.48 bits per heavy atom. The van der Waals surface area contributed by atoms with E-state index >= 15 is 0 Å². The van der Waals surface area contributed by atoms with Crippen molar-refractivity contribution >= 4 is 27.7 Å². The first-order chi connectivity index (χ1) is 11.8. The Morgan fingerprint density at radius 3 is 2.08 bits per heavy atom. The van der Waals surface area contributed by atoms with Gasteiger partial charge in [-0.25, -0.2) is 17.5 Å². The van der Waals surface area contributed by atoms with E-state index in [1.54, 1.807) is 24.3 Å². The summed E-state index contributed by atoms with van der Waals surface area (Å²) in [6.07, 6.45) is 0. The van der Waals surface area contributed by atoms with Gasteiger partial charge in [0.1, 0.15) is 0 Å². The van der Waals surface area contributed by atoms with Crippen molar-refractivity contribution < 1.29 is 13.2 Å². The van der Waals surface area contributed by atoms with Gasteiger partial charge in [0.25, 0.3) is 0 Å². The number of carbonyl (C=O) groups excluding carboxylic acids is 1. The number of benzene rings is 2. The fourth-order valence-corrected chi connectivity index (χ4v) is 3.47. The van der Waals surface area contributed by atoms with Gasteiger partial charge in [0, 0.05) is 32.2 Å². The van der Waals surface area contributed by atoms with Gasteiger partial charge >= 0.3 is 6.03 Å². The lowest BCUT2D eigenvalue weighted by Gasteiger charge is -2.15. The average Bonchev–Trinajstić information content (AvgIpc) is 2.59. The molecule has 0 spiro atoms. The van der Waals surface area contributed by atoms with E-state index in [1.807, 2.05) is 18.2 Å². The van der Waals surface area contributed by atoms with Crippen LogP contribution in [0.2, 0.25) is 5.02 Å². The number of halogens is 1. The topological polar surface area (TPSA) is 78.5 Å². The Morgan fingerprint density at radius 1 is 0.960 bits per heavy atom. The van der Waals surface area contributed by atoms with Crippen molar-refractivity contribution in [3.8, 4) is 0 Å². The molecule has 2 N–H and O–H groups in total. The first-order valence-corrected chi connectivity index (χ1v) is 9.39. The lowest BCUT2D eigenvalue weighted by molar-refractivity contribution is 0.240. The zero-order chi connectivity index (χ0) is 18.4. The highest BCUT2D eigenvalue weighted by molar-refractivity contribution is 7.89. The second-order valence-electron chi connectivity index (χ2n) is 5.52. The van der Waals surface area contributed by atoms with Gasteiger partial charge < -0.3 is 10.6 Å². The molecule has 2 aromatic carbocycles. The van der Waals surface area contributed by atoms with Crippen LogP contribution in [0.3, 0.4) is 0 Å². The quantitative estimate of drug-likeness (QED) is 0.807. The first-order valence-electron chi connectivity index (χ1n) is 7.58. The normalized spacial score (nSPS) is 11.4. The molecule has 6 nitrogen and oxygen atoms in total. The third-order valence-electron chi connectivity index (χ3n) is 3.57. The van der Waals surface area contributed by atoms with Crippen molar-refractivity contribution in [2.75, 3.05) is 14.1 Å². The zero-order valence-electron chi connectivity index (χ0n) is 14.0. The number of carbonyl (C=O) groups is 1. The Bertz CT molecular complexity index is 854. The minimum absolute atomic E-state index is 0.0948. The number of hydrogen-bond acceptors (Lipinski definition) is 3. The van der Waals surface area contributed by atoms with Crippen LogP contribution in [0.15, 0.2) is 53.4 Å². The third kappa shape index (κ3) is 4.94. The minimum atomic E-state index is -3.57. The summed E-state index contributed by atoms with van der Waals surface area (Å²) in [5.74, 6) is 0. The maximum absolute atomic E-state index is 12.3. The molecule has 0 aliphatic carbocycles. The molecule has 134 valence electrons. The van der Waals surface area contributed by atoms with Crippen LogP contribution in [-0.2, 0) is 23.1 Å². The maximum atomic E-state index is 12.3. The van der Waals surface area contributed by atoms with Gasteiger partial charge in [-0.2, -0.15) is 0 Å². The van der Waals surface area contributed by atoms with E-state index in [4.69, 9.17) is 11.6 Å². The Balaban J connectivity index is 2.00. The van der Waals surface area contributed by atoms with Crippen molar-refractivity contribution in [2.24, 2.45) is 0 Å². The van der Waals surface area contributed by atoms with Crippen LogP contribution in [0, 0.1) is 0 Å². The molecule has 0 heterocycles. The maximum Gasteiger partial charge on any atom is 0.315 e. The van der Waals surface area contributed by atoms with Crippen LogP contribution in [-0.4, -0.2) is 32.8 Å². The van der Waals surface area contributed by atoms with Crippen LogP contribution in [0.5, 0.6) is 0 Å². The van der Waals surface area contributed by atoms with E-state index in [9.17, 15) is 13.2 Å². The van der Waals surface area contributed by atoms with Crippen molar-refractivity contribution in [2.45, 2.75) is 18.0 Å². The molecular weight excluding hydrogens is 362 g/mol. The van der Waals surface area contributed by atoms with Crippen molar-refractivity contribution in [3.05, 3.63) is 64.7 Å². The molecule has 0 saturated carbocycles. The minimum Gasteiger partial charge on any atom is -0.334 e. The molecule has 0 aromatic heterocycles. The SMILES string of the molecule is CN(C)S(=O)(=O)c1ccccc1CNC(=O)NCc1ccccc1Cl. The largest absolute Gasteiger partial charge is 0.334 e. The smallest absolute Gasteiger partial charge is 0.315 e. The predicted molar refractivity (Wildman–Crippen MR) is 97.8 cm³/mol. The molecule has 25 heavy (non-hydrogen) atoms. The molecule has 0 fully saturated rings. The van der Waals surface area contributed by atoms with Crippen LogP contribution >= 0.6 is 11.6 Å². The highest BCUT2D eigenvalue weighted by atomic mass is 35.5. The lowest BCUT2D eigenvalue weighted by atomic mass is 10.2. The Kier molecular flexibility index (Phi) is 6.41. The standard InChI is InChI=1S/C17H20ClN3O3S/c1-21(2)25(23,24)16-10-6-4-8-14(16)12-20-17(22)19-11-13-7-3-5-9-15(13)18/h3-10H,11-12H2,1-2H3,(H2,19,20,22). The average molecular weight is 382 g/mol. The number of nitrogens with zero attached hydrogens (tertiary/aromatic N) is 1. The van der Waals surface area contributed by atoms with Gasteiger partial charge in [-0.15, -0.1) is 0 Å². The van der Waals surface area contributed by atoms with Crippen molar-refractivity contribution in [1.29, 1.82) is 0 Å². The summed E-state index contributed by atoms with van der Waals surface area (Å²) in [6, 6.07) is 13.4. The molecule has 0 aliphatic rings. The van der Waals surface area contributed by atoms with Crippen LogP contribution in [0.4, 0.5) is 4.79 Å². The summed E-state index contributed by atoms with van der Waals surface area (Å²) in [4.78, 5) is 12.1. The highest BCUT2D eigenvalue weighted by Crippen LogP contribution is 2.18. The number of amides is 2. The zero-order valence-corrected chi connectivity index (χ0v) is 15.6. The lowest BCUT2D eigenvalue weighted by Crippen LogP contribution is -2.35. The molecular formula is C17H20ClN3O3S. The highest BCUT2D eigenvalue weighted by Gasteiger charge is 2.20. The van der Waals surface area contributed by atoms with E-state index in [2.05, 4.69) is 10.6 Å². The van der Waals surface area contributed by atoms with Crippen LogP contribution in [0.25, 0.3) is 0 Å². The molecule has 2 amide bonds. The third-order valence-corrected chi connectivity index (χ3v) is 5.85. The summed E-state index contributed by atoms with van der Waals surface area (Å²) < 4.78 is 25.8. The summed E-state index contributed by atoms with van der Waals surface area (Å²) in [5.41, 5.74) is 1.32. The van der Waals surface area contributed by atoms with E-state index in [0.717, 1.165) is 9.87 Å². The van der Waals surface area contributed by atoms with Crippen LogP contribution < -0.4 is 10.6 Å². The number of urea groups is 1. The number of hydrogen-bond donors (Lipinski definition) is 2. The molecule has 0 unspecified atom stereocenters. The van der Waals surface area contributed by atoms with Gasteiger partial charge in [0.15, 0.2) is 0 Å². The van der Waals surface area contributed by atoms with Gasteiger partial charge in [-0.1, -0.05) is 48.0 Å². The van der Waals surface area contributed by atoms with Gasteiger partial charge in [0.2, 0.25) is 10.0 Å².